The molecule has 1 atom stereocenters. The third-order valence-electron chi connectivity index (χ3n) is 0.698. The third-order valence-corrected chi connectivity index (χ3v) is 5.13. The van der Waals surface area contributed by atoms with Crippen LogP contribution >= 0.6 is 29.6 Å². The zero-order chi connectivity index (χ0) is 7.33. The van der Waals surface area contributed by atoms with E-state index in [9.17, 15) is 4.57 Å². The number of halogens is 1. The Morgan fingerprint density at radius 3 is 2.67 bits per heavy atom. The number of hydrogen-bond acceptors (Lipinski definition) is 2. The highest BCUT2D eigenvalue weighted by molar-refractivity contribution is 8.56. The van der Waals surface area contributed by atoms with E-state index in [1.807, 2.05) is 6.92 Å². The van der Waals surface area contributed by atoms with Crippen molar-refractivity contribution in [3.05, 3.63) is 0 Å². The van der Waals surface area contributed by atoms with Gasteiger partial charge in [-0.2, -0.15) is 0 Å². The zero-order valence-electron chi connectivity index (χ0n) is 5.21. The molecule has 9 heavy (non-hydrogen) atoms. The molecule has 0 aromatic carbocycles. The summed E-state index contributed by atoms with van der Waals surface area (Å²) in [5, 5.41) is 0. The van der Waals surface area contributed by atoms with E-state index in [0.29, 0.717) is 5.75 Å². The smallest absolute Gasteiger partial charge is 0.256 e. The summed E-state index contributed by atoms with van der Waals surface area (Å²) in [6.45, 7) is -1.06. The largest absolute Gasteiger partial charge is 0.337 e. The topological polar surface area (TPSA) is 37.3 Å². The van der Waals surface area contributed by atoms with Gasteiger partial charge in [0.15, 0.2) is 0 Å². The summed E-state index contributed by atoms with van der Waals surface area (Å²) >= 11 is 6.36. The molecule has 0 aliphatic heterocycles. The van der Waals surface area contributed by atoms with Crippen molar-refractivity contribution in [2.45, 2.75) is 6.92 Å². The van der Waals surface area contributed by atoms with Crippen molar-refractivity contribution < 1.29 is 9.46 Å². The Kier molecular flexibility index (Phi) is 5.04. The van der Waals surface area contributed by atoms with Gasteiger partial charge in [0.05, 0.1) is 0 Å². The highest BCUT2D eigenvalue weighted by Crippen LogP contribution is 2.53. The Hall–Kier alpha value is 0.830. The molecule has 0 fully saturated rings. The van der Waals surface area contributed by atoms with E-state index in [1.54, 1.807) is 0 Å². The molecule has 2 nitrogen and oxygen atoms in total. The molecule has 0 radical (unpaired) electrons. The summed E-state index contributed by atoms with van der Waals surface area (Å²) in [6, 6.07) is 0. The fourth-order valence-corrected chi connectivity index (χ4v) is 3.98. The molecule has 0 heterocycles. The lowest BCUT2D eigenvalue weighted by molar-refractivity contribution is 0.498. The van der Waals surface area contributed by atoms with Crippen molar-refractivity contribution in [2.24, 2.45) is 0 Å². The number of alkyl halides is 1. The number of hydrogen-bond donors (Lipinski definition) is 1. The first kappa shape index (κ1) is 9.83. The summed E-state index contributed by atoms with van der Waals surface area (Å²) in [4.78, 5) is 8.95. The maximum absolute atomic E-state index is 10.8. The van der Waals surface area contributed by atoms with Gasteiger partial charge in [-0.05, 0) is 5.75 Å². The normalized spacial score (nSPS) is 17.2. The van der Waals surface area contributed by atoms with Gasteiger partial charge < -0.3 is 4.89 Å². The summed E-state index contributed by atoms with van der Waals surface area (Å²) in [5.74, 6) is 0.936. The summed E-state index contributed by atoms with van der Waals surface area (Å²) in [7, 11) is 0. The zero-order valence-corrected chi connectivity index (χ0v) is 7.68. The lowest BCUT2D eigenvalue weighted by atomic mass is 11.0. The van der Waals surface area contributed by atoms with Crippen LogP contribution in [0.1, 0.15) is 6.92 Å². The molecule has 0 aliphatic carbocycles. The van der Waals surface area contributed by atoms with E-state index in [0.717, 1.165) is 11.4 Å². The van der Waals surface area contributed by atoms with Crippen LogP contribution in [0.3, 0.4) is 0 Å². The van der Waals surface area contributed by atoms with E-state index in [-0.39, 0.29) is 12.0 Å². The fourth-order valence-electron chi connectivity index (χ4n) is 0.373. The van der Waals surface area contributed by atoms with E-state index < -0.39 is 6.57 Å². The standard InChI is InChI=1S/C4H10ClO2PS/c1-2-9-8(6,7)4-3-5/h2-4H2,1H3,(H,6,7). The van der Waals surface area contributed by atoms with Crippen molar-refractivity contribution in [2.75, 3.05) is 17.8 Å². The van der Waals surface area contributed by atoms with E-state index >= 15 is 0 Å². The predicted octanol–water partition coefficient (Wildman–Crippen LogP) is 2.16. The predicted molar refractivity (Wildman–Crippen MR) is 43.5 cm³/mol. The summed E-state index contributed by atoms with van der Waals surface area (Å²) < 4.78 is 10.8. The quantitative estimate of drug-likeness (QED) is 0.543. The van der Waals surface area contributed by atoms with Crippen molar-refractivity contribution in [3.8, 4) is 0 Å². The van der Waals surface area contributed by atoms with Gasteiger partial charge in [-0.1, -0.05) is 18.3 Å². The molecule has 56 valence electrons. The van der Waals surface area contributed by atoms with E-state index in [1.165, 1.54) is 0 Å². The second-order valence-corrected chi connectivity index (χ2v) is 6.89. The Balaban J connectivity index is 3.58. The van der Waals surface area contributed by atoms with Crippen LogP contribution in [0.4, 0.5) is 0 Å². The van der Waals surface area contributed by atoms with E-state index in [2.05, 4.69) is 0 Å². The van der Waals surface area contributed by atoms with Crippen LogP contribution in [0.5, 0.6) is 0 Å². The Bertz CT molecular complexity index is 109. The monoisotopic (exact) mass is 188 g/mol. The maximum Gasteiger partial charge on any atom is 0.256 e. The Morgan fingerprint density at radius 2 is 2.33 bits per heavy atom. The molecule has 1 N–H and O–H groups in total. The molecule has 0 saturated carbocycles. The lowest BCUT2D eigenvalue weighted by Gasteiger charge is -2.05. The van der Waals surface area contributed by atoms with Gasteiger partial charge in [-0.15, -0.1) is 11.6 Å². The summed E-state index contributed by atoms with van der Waals surface area (Å²) in [5.41, 5.74) is 0. The van der Waals surface area contributed by atoms with Crippen LogP contribution in [0.15, 0.2) is 0 Å². The first-order valence-corrected chi connectivity index (χ1v) is 6.61. The molecule has 0 aliphatic rings. The Labute approximate surface area is 64.2 Å². The fraction of sp³-hybridized carbons (Fsp3) is 1.00. The van der Waals surface area contributed by atoms with Crippen LogP contribution in [-0.4, -0.2) is 22.7 Å². The Morgan fingerprint density at radius 1 is 1.78 bits per heavy atom. The first-order valence-electron chi connectivity index (χ1n) is 2.64. The highest BCUT2D eigenvalue weighted by Gasteiger charge is 2.15. The van der Waals surface area contributed by atoms with Crippen molar-refractivity contribution in [3.63, 3.8) is 0 Å². The van der Waals surface area contributed by atoms with Crippen molar-refractivity contribution in [1.29, 1.82) is 0 Å². The molecular weight excluding hydrogens is 179 g/mol. The molecular formula is C4H10ClO2PS. The minimum atomic E-state index is -2.91. The third kappa shape index (κ3) is 5.28. The molecule has 0 rings (SSSR count). The van der Waals surface area contributed by atoms with Gasteiger partial charge in [0.2, 0.25) is 0 Å². The molecule has 0 amide bonds. The lowest BCUT2D eigenvalue weighted by Crippen LogP contribution is -1.85. The van der Waals surface area contributed by atoms with E-state index in [4.69, 9.17) is 16.5 Å². The average Bonchev–Trinajstić information content (AvgIpc) is 1.64. The molecule has 0 saturated heterocycles. The second kappa shape index (κ2) is 4.62. The first-order chi connectivity index (χ1) is 4.12. The van der Waals surface area contributed by atoms with Crippen LogP contribution in [0, 0.1) is 0 Å². The van der Waals surface area contributed by atoms with Crippen molar-refractivity contribution >= 4 is 29.6 Å². The van der Waals surface area contributed by atoms with Gasteiger partial charge >= 0.3 is 0 Å². The van der Waals surface area contributed by atoms with Gasteiger partial charge in [-0.25, -0.2) is 0 Å². The SMILES string of the molecule is CCSP(=O)(O)CCCl. The minimum Gasteiger partial charge on any atom is -0.337 e. The highest BCUT2D eigenvalue weighted by atomic mass is 35.5. The second-order valence-electron chi connectivity index (χ2n) is 1.47. The van der Waals surface area contributed by atoms with Gasteiger partial charge in [0, 0.05) is 12.0 Å². The molecule has 0 aromatic heterocycles. The molecule has 0 spiro atoms. The van der Waals surface area contributed by atoms with Crippen molar-refractivity contribution in [1.82, 2.24) is 0 Å². The van der Waals surface area contributed by atoms with Gasteiger partial charge in [0.1, 0.15) is 0 Å². The molecule has 0 bridgehead atoms. The van der Waals surface area contributed by atoms with Gasteiger partial charge in [0.25, 0.3) is 6.57 Å². The number of rotatable bonds is 4. The van der Waals surface area contributed by atoms with Crippen LogP contribution in [-0.2, 0) is 4.57 Å². The maximum atomic E-state index is 10.8. The minimum absolute atomic E-state index is 0.215. The summed E-state index contributed by atoms with van der Waals surface area (Å²) in [6.07, 6.45) is 0.215. The average molecular weight is 189 g/mol. The van der Waals surface area contributed by atoms with Crippen LogP contribution in [0.25, 0.3) is 0 Å². The van der Waals surface area contributed by atoms with Gasteiger partial charge in [-0.3, -0.25) is 4.57 Å². The molecule has 0 aromatic rings. The molecule has 1 unspecified atom stereocenters. The molecule has 5 heteroatoms. The van der Waals surface area contributed by atoms with Crippen LogP contribution < -0.4 is 0 Å². The van der Waals surface area contributed by atoms with Crippen LogP contribution in [0.2, 0.25) is 0 Å².